The molecular formula is C20H24FN7O6. The van der Waals surface area contributed by atoms with Crippen LogP contribution in [0, 0.1) is 0 Å². The topological polar surface area (TPSA) is 192 Å². The molecule has 13 nitrogen and oxygen atoms in total. The first-order chi connectivity index (χ1) is 16.2. The first-order valence-corrected chi connectivity index (χ1v) is 10.2. The number of carbonyl (C=O) groups excluding carboxylic acids is 2. The number of amides is 1. The Kier molecular flexibility index (Phi) is 7.50. The molecule has 14 heteroatoms. The average Bonchev–Trinajstić information content (AvgIpc) is 2.80. The quantitative estimate of drug-likeness (QED) is 0.287. The van der Waals surface area contributed by atoms with Gasteiger partial charge in [-0.25, -0.2) is 9.59 Å². The maximum absolute atomic E-state index is 12.4. The van der Waals surface area contributed by atoms with E-state index in [1.165, 1.54) is 12.1 Å². The second-order valence-corrected chi connectivity index (χ2v) is 7.60. The molecule has 1 amide bonds. The van der Waals surface area contributed by atoms with Gasteiger partial charge in [-0.1, -0.05) is 0 Å². The van der Waals surface area contributed by atoms with Crippen LogP contribution in [-0.2, 0) is 14.5 Å². The summed E-state index contributed by atoms with van der Waals surface area (Å²) in [6, 6.07) is 4.82. The molecule has 0 fully saturated rings. The number of carboxylic acid groups (broad SMARTS) is 1. The zero-order valence-electron chi connectivity index (χ0n) is 18.1. The number of aromatic nitrogens is 2. The standard InChI is InChI=1S/C20H24FN7O6/c1-28-12(9-24-16-15(28)18(31)27-20(22)26-16)8-23-11-4-2-10(3-5-11)17(30)25-13(19(32)33)6-7-14(29)34-21/h2-5,12-13,23H,6-9H2,1H3,(H,25,30)(H,32,33)(H4,22,24,26,27,31)/t12-,13?/m1/s1. The highest BCUT2D eigenvalue weighted by Gasteiger charge is 2.27. The number of halogens is 1. The molecule has 1 aromatic carbocycles. The summed E-state index contributed by atoms with van der Waals surface area (Å²) >= 11 is 0. The molecule has 2 heterocycles. The van der Waals surface area contributed by atoms with Crippen LogP contribution >= 0.6 is 0 Å². The van der Waals surface area contributed by atoms with E-state index in [2.05, 4.69) is 30.9 Å². The third-order valence-corrected chi connectivity index (χ3v) is 5.33. The number of aromatic amines is 1. The van der Waals surface area contributed by atoms with Gasteiger partial charge in [-0.05, 0) is 30.7 Å². The van der Waals surface area contributed by atoms with E-state index in [1.807, 2.05) is 0 Å². The molecule has 34 heavy (non-hydrogen) atoms. The third kappa shape index (κ3) is 5.70. The molecule has 1 aliphatic heterocycles. The zero-order valence-corrected chi connectivity index (χ0v) is 18.1. The molecule has 0 saturated heterocycles. The van der Waals surface area contributed by atoms with Crippen LogP contribution in [0.25, 0.3) is 0 Å². The van der Waals surface area contributed by atoms with Crippen LogP contribution in [0.2, 0.25) is 0 Å². The monoisotopic (exact) mass is 477 g/mol. The summed E-state index contributed by atoms with van der Waals surface area (Å²) in [4.78, 5) is 58.1. The van der Waals surface area contributed by atoms with Gasteiger partial charge in [-0.2, -0.15) is 4.98 Å². The van der Waals surface area contributed by atoms with Gasteiger partial charge in [0, 0.05) is 35.9 Å². The highest BCUT2D eigenvalue weighted by molar-refractivity contribution is 5.97. The molecule has 1 unspecified atom stereocenters. The highest BCUT2D eigenvalue weighted by atomic mass is 19.3. The summed E-state index contributed by atoms with van der Waals surface area (Å²) in [6.45, 7) is 0.976. The Morgan fingerprint density at radius 1 is 1.35 bits per heavy atom. The van der Waals surface area contributed by atoms with E-state index in [-0.39, 0.29) is 29.5 Å². The van der Waals surface area contributed by atoms with E-state index in [1.54, 1.807) is 24.1 Å². The Morgan fingerprint density at radius 3 is 2.71 bits per heavy atom. The minimum absolute atomic E-state index is 0.0299. The van der Waals surface area contributed by atoms with Crippen LogP contribution in [0.4, 0.5) is 27.7 Å². The number of H-pyrrole nitrogens is 1. The predicted octanol–water partition coefficient (Wildman–Crippen LogP) is 0.0854. The first-order valence-electron chi connectivity index (χ1n) is 10.2. The molecule has 0 radical (unpaired) electrons. The molecule has 0 aliphatic carbocycles. The SMILES string of the molecule is CN1c2c(nc(N)[nH]c2=O)NC[C@H]1CNc1ccc(C(=O)NC(CCC(=O)OF)C(=O)O)cc1. The maximum atomic E-state index is 12.4. The minimum Gasteiger partial charge on any atom is -0.480 e. The van der Waals surface area contributed by atoms with Crippen molar-refractivity contribution in [2.75, 3.05) is 41.4 Å². The van der Waals surface area contributed by atoms with Gasteiger partial charge in [0.25, 0.3) is 11.5 Å². The Morgan fingerprint density at radius 2 is 2.06 bits per heavy atom. The number of aliphatic carboxylic acids is 1. The second kappa shape index (κ2) is 10.5. The second-order valence-electron chi connectivity index (χ2n) is 7.60. The molecule has 0 bridgehead atoms. The predicted molar refractivity (Wildman–Crippen MR) is 120 cm³/mol. The number of anilines is 4. The lowest BCUT2D eigenvalue weighted by Gasteiger charge is -2.35. The van der Waals surface area contributed by atoms with E-state index < -0.39 is 30.3 Å². The molecule has 7 N–H and O–H groups in total. The molecule has 2 aromatic rings. The van der Waals surface area contributed by atoms with E-state index in [0.29, 0.717) is 30.3 Å². The number of fused-ring (bicyclic) bond motifs is 1. The minimum atomic E-state index is -1.38. The number of nitrogens with one attached hydrogen (secondary N) is 4. The summed E-state index contributed by atoms with van der Waals surface area (Å²) < 4.78 is 11.8. The van der Waals surface area contributed by atoms with Crippen molar-refractivity contribution in [3.63, 3.8) is 0 Å². The van der Waals surface area contributed by atoms with Crippen molar-refractivity contribution >= 4 is 41.0 Å². The zero-order chi connectivity index (χ0) is 24.8. The van der Waals surface area contributed by atoms with Gasteiger partial charge in [0.2, 0.25) is 5.95 Å². The number of hydrogen-bond acceptors (Lipinski definition) is 10. The molecule has 1 aliphatic rings. The average molecular weight is 477 g/mol. The smallest absolute Gasteiger partial charge is 0.348 e. The van der Waals surface area contributed by atoms with E-state index in [0.717, 1.165) is 0 Å². The largest absolute Gasteiger partial charge is 0.480 e. The number of benzene rings is 1. The molecule has 3 rings (SSSR count). The fourth-order valence-corrected chi connectivity index (χ4v) is 3.45. The van der Waals surface area contributed by atoms with Gasteiger partial charge in [-0.15, -0.1) is 0 Å². The number of hydrogen-bond donors (Lipinski definition) is 6. The van der Waals surface area contributed by atoms with Gasteiger partial charge >= 0.3 is 11.9 Å². The number of nitrogen functional groups attached to an aromatic ring is 1. The van der Waals surface area contributed by atoms with Gasteiger partial charge in [0.1, 0.15) is 11.7 Å². The normalized spacial score (nSPS) is 15.5. The Labute approximate surface area is 192 Å². The fourth-order valence-electron chi connectivity index (χ4n) is 3.45. The molecular weight excluding hydrogens is 453 g/mol. The third-order valence-electron chi connectivity index (χ3n) is 5.33. The number of rotatable bonds is 9. The van der Waals surface area contributed by atoms with Gasteiger partial charge in [0.05, 0.1) is 12.5 Å². The number of carbonyl (C=O) groups is 3. The molecule has 2 atom stereocenters. The summed E-state index contributed by atoms with van der Waals surface area (Å²) in [5.74, 6) is -2.80. The molecule has 182 valence electrons. The van der Waals surface area contributed by atoms with Crippen molar-refractivity contribution in [2.45, 2.75) is 24.9 Å². The van der Waals surface area contributed by atoms with Crippen LogP contribution in [0.15, 0.2) is 29.1 Å². The van der Waals surface area contributed by atoms with Crippen molar-refractivity contribution in [2.24, 2.45) is 0 Å². The van der Waals surface area contributed by atoms with Crippen molar-refractivity contribution in [3.8, 4) is 0 Å². The lowest BCUT2D eigenvalue weighted by molar-refractivity contribution is -0.183. The van der Waals surface area contributed by atoms with Gasteiger partial charge in [0.15, 0.2) is 5.82 Å². The lowest BCUT2D eigenvalue weighted by Crippen LogP contribution is -2.48. The van der Waals surface area contributed by atoms with Crippen LogP contribution < -0.4 is 32.1 Å². The lowest BCUT2D eigenvalue weighted by atomic mass is 10.1. The number of nitrogens with zero attached hydrogens (tertiary/aromatic N) is 2. The van der Waals surface area contributed by atoms with Crippen molar-refractivity contribution in [1.29, 1.82) is 0 Å². The van der Waals surface area contributed by atoms with Crippen molar-refractivity contribution < 1.29 is 29.0 Å². The summed E-state index contributed by atoms with van der Waals surface area (Å²) in [5, 5.41) is 17.8. The summed E-state index contributed by atoms with van der Waals surface area (Å²) in [6.07, 6.45) is -0.818. The van der Waals surface area contributed by atoms with Crippen molar-refractivity contribution in [3.05, 3.63) is 40.2 Å². The van der Waals surface area contributed by atoms with Crippen molar-refractivity contribution in [1.82, 2.24) is 15.3 Å². The van der Waals surface area contributed by atoms with Gasteiger partial charge in [-0.3, -0.25) is 19.5 Å². The molecule has 0 saturated carbocycles. The van der Waals surface area contributed by atoms with Gasteiger partial charge < -0.3 is 31.7 Å². The Bertz CT molecular complexity index is 1120. The van der Waals surface area contributed by atoms with E-state index in [9.17, 15) is 28.8 Å². The Hall–Kier alpha value is -4.36. The van der Waals surface area contributed by atoms with Crippen LogP contribution in [0.1, 0.15) is 23.2 Å². The van der Waals surface area contributed by atoms with E-state index >= 15 is 0 Å². The Balaban J connectivity index is 1.57. The highest BCUT2D eigenvalue weighted by Crippen LogP contribution is 2.25. The molecule has 1 aromatic heterocycles. The fraction of sp³-hybridized carbons (Fsp3) is 0.350. The van der Waals surface area contributed by atoms with Crippen LogP contribution in [0.3, 0.4) is 0 Å². The number of carboxylic acids is 1. The van der Waals surface area contributed by atoms with Crippen LogP contribution in [0.5, 0.6) is 0 Å². The molecule has 0 spiro atoms. The van der Waals surface area contributed by atoms with E-state index in [4.69, 9.17) is 5.73 Å². The number of nitrogens with two attached hydrogens (primary N) is 1. The number of likely N-dealkylation sites (N-methyl/N-ethyl adjacent to an activating group) is 1. The van der Waals surface area contributed by atoms with Crippen LogP contribution in [-0.4, -0.2) is 65.1 Å². The first kappa shape index (κ1) is 24.3. The maximum Gasteiger partial charge on any atom is 0.348 e. The summed E-state index contributed by atoms with van der Waals surface area (Å²) in [7, 11) is 1.78. The summed E-state index contributed by atoms with van der Waals surface area (Å²) in [5.41, 5.74) is 6.51.